The molecule has 32 heavy (non-hydrogen) atoms. The summed E-state index contributed by atoms with van der Waals surface area (Å²) in [6, 6.07) is 10.2. The van der Waals surface area contributed by atoms with Crippen molar-refractivity contribution in [3.8, 4) is 5.75 Å². The number of nitrogens with zero attached hydrogens (tertiary/aromatic N) is 2. The Kier molecular flexibility index (Phi) is 5.32. The van der Waals surface area contributed by atoms with Gasteiger partial charge in [-0.2, -0.15) is 5.10 Å². The highest BCUT2D eigenvalue weighted by molar-refractivity contribution is 5.83. The van der Waals surface area contributed by atoms with E-state index >= 15 is 0 Å². The molecule has 0 spiro atoms. The van der Waals surface area contributed by atoms with Gasteiger partial charge in [-0.05, 0) is 55.9 Å². The summed E-state index contributed by atoms with van der Waals surface area (Å²) in [4.78, 5) is 1.92. The van der Waals surface area contributed by atoms with Crippen LogP contribution in [0.5, 0.6) is 5.75 Å². The molecule has 2 heterocycles. The molecule has 1 saturated carbocycles. The van der Waals surface area contributed by atoms with Crippen LogP contribution < -0.4 is 10.1 Å². The van der Waals surface area contributed by atoms with E-state index in [1.54, 1.807) is 7.11 Å². The van der Waals surface area contributed by atoms with Crippen LogP contribution in [0.15, 0.2) is 36.5 Å². The molecule has 1 aromatic heterocycles. The first-order valence-electron chi connectivity index (χ1n) is 11.4. The molecule has 2 aliphatic rings. The van der Waals surface area contributed by atoms with Gasteiger partial charge in [0.05, 0.1) is 31.4 Å². The number of aromatic amines is 1. The Hall–Kier alpha value is -2.67. The number of alkyl halides is 2. The maximum atomic E-state index is 14.3. The van der Waals surface area contributed by atoms with Crippen LogP contribution in [0.3, 0.4) is 0 Å². The molecular weight excluding hydrogens is 410 g/mol. The third-order valence-electron chi connectivity index (χ3n) is 6.93. The van der Waals surface area contributed by atoms with Gasteiger partial charge in [0.2, 0.25) is 0 Å². The zero-order chi connectivity index (χ0) is 22.5. The number of benzene rings is 2. The van der Waals surface area contributed by atoms with E-state index in [0.29, 0.717) is 12.5 Å². The van der Waals surface area contributed by atoms with Crippen LogP contribution in [-0.2, 0) is 6.42 Å². The molecule has 7 heteroatoms. The average Bonchev–Trinajstić information content (AvgIpc) is 3.20. The first kappa shape index (κ1) is 21.2. The van der Waals surface area contributed by atoms with E-state index in [1.165, 1.54) is 24.8 Å². The van der Waals surface area contributed by atoms with E-state index in [9.17, 15) is 8.78 Å². The fraction of sp³-hybridized carbons (Fsp3) is 0.480. The highest BCUT2D eigenvalue weighted by Crippen LogP contribution is 2.45. The lowest BCUT2D eigenvalue weighted by molar-refractivity contribution is -0.0364. The molecule has 2 aromatic carbocycles. The molecule has 0 amide bonds. The van der Waals surface area contributed by atoms with Crippen LogP contribution in [0.25, 0.3) is 10.9 Å². The van der Waals surface area contributed by atoms with Crippen LogP contribution in [0, 0.1) is 0 Å². The zero-order valence-electron chi connectivity index (χ0n) is 18.8. The Morgan fingerprint density at radius 1 is 1.22 bits per heavy atom. The molecular formula is C25H30F2N4O. The van der Waals surface area contributed by atoms with Gasteiger partial charge in [-0.3, -0.25) is 10.00 Å². The van der Waals surface area contributed by atoms with E-state index in [1.807, 2.05) is 48.4 Å². The number of methoxy groups -OCH3 is 1. The van der Waals surface area contributed by atoms with E-state index in [0.717, 1.165) is 40.4 Å². The molecule has 3 aromatic rings. The van der Waals surface area contributed by atoms with Gasteiger partial charge in [0, 0.05) is 41.7 Å². The molecule has 1 fully saturated rings. The third-order valence-corrected chi connectivity index (χ3v) is 6.93. The first-order chi connectivity index (χ1) is 15.3. The van der Waals surface area contributed by atoms with Crippen LogP contribution in [-0.4, -0.2) is 46.8 Å². The standard InChI is InChI=1S/C25H30F2N4O/c1-15-11-20-18(9-10-22-21(20)13-28-30-22)24(31(15)14-25(2,26)27)19-8-7-17(12-23(19)32-3)29-16-5-4-6-16/h7-10,12-13,15-16,24,29H,4-6,11,14H2,1-3H3,(H,28,30)/t15-,24+/m1/s1. The lowest BCUT2D eigenvalue weighted by Gasteiger charge is -2.43. The first-order valence-corrected chi connectivity index (χ1v) is 11.4. The van der Waals surface area contributed by atoms with Crippen molar-refractivity contribution in [1.29, 1.82) is 0 Å². The number of anilines is 1. The van der Waals surface area contributed by atoms with Crippen molar-refractivity contribution in [1.82, 2.24) is 15.1 Å². The number of rotatable bonds is 6. The topological polar surface area (TPSA) is 53.2 Å². The van der Waals surface area contributed by atoms with Gasteiger partial charge in [0.15, 0.2) is 0 Å². The van der Waals surface area contributed by atoms with Gasteiger partial charge < -0.3 is 10.1 Å². The fourth-order valence-corrected chi connectivity index (χ4v) is 5.15. The quantitative estimate of drug-likeness (QED) is 0.529. The van der Waals surface area contributed by atoms with Crippen molar-refractivity contribution in [3.63, 3.8) is 0 Å². The maximum Gasteiger partial charge on any atom is 0.257 e. The molecule has 0 radical (unpaired) electrons. The molecule has 5 nitrogen and oxygen atoms in total. The van der Waals surface area contributed by atoms with Gasteiger partial charge in [-0.15, -0.1) is 0 Å². The highest BCUT2D eigenvalue weighted by Gasteiger charge is 2.40. The summed E-state index contributed by atoms with van der Waals surface area (Å²) >= 11 is 0. The van der Waals surface area contributed by atoms with Gasteiger partial charge >= 0.3 is 0 Å². The largest absolute Gasteiger partial charge is 0.496 e. The SMILES string of the molecule is COc1cc(NC2CCC2)ccc1[C@@H]1c2ccc3[nH]ncc3c2C[C@@H](C)N1CC(C)(F)F. The van der Waals surface area contributed by atoms with Gasteiger partial charge in [0.1, 0.15) is 5.75 Å². The fourth-order valence-electron chi connectivity index (χ4n) is 5.15. The second-order valence-corrected chi connectivity index (χ2v) is 9.39. The normalized spacial score (nSPS) is 21.9. The summed E-state index contributed by atoms with van der Waals surface area (Å²) in [6.45, 7) is 2.71. The third kappa shape index (κ3) is 3.83. The lowest BCUT2D eigenvalue weighted by atomic mass is 9.83. The molecule has 5 rings (SSSR count). The lowest BCUT2D eigenvalue weighted by Crippen LogP contribution is -2.47. The summed E-state index contributed by atoms with van der Waals surface area (Å²) in [7, 11) is 1.65. The monoisotopic (exact) mass is 440 g/mol. The van der Waals surface area contributed by atoms with Crippen molar-refractivity contribution in [3.05, 3.63) is 53.2 Å². The van der Waals surface area contributed by atoms with E-state index < -0.39 is 5.92 Å². The smallest absolute Gasteiger partial charge is 0.257 e. The second kappa shape index (κ2) is 8.03. The Bertz CT molecular complexity index is 1120. The Morgan fingerprint density at radius 2 is 2.00 bits per heavy atom. The highest BCUT2D eigenvalue weighted by atomic mass is 19.3. The maximum absolute atomic E-state index is 14.3. The number of halogens is 2. The average molecular weight is 441 g/mol. The number of hydrogen-bond donors (Lipinski definition) is 2. The van der Waals surface area contributed by atoms with E-state index in [4.69, 9.17) is 4.74 Å². The number of nitrogens with one attached hydrogen (secondary N) is 2. The summed E-state index contributed by atoms with van der Waals surface area (Å²) in [6.07, 6.45) is 6.15. The predicted molar refractivity (Wildman–Crippen MR) is 123 cm³/mol. The second-order valence-electron chi connectivity index (χ2n) is 9.39. The number of ether oxygens (including phenoxy) is 1. The zero-order valence-corrected chi connectivity index (χ0v) is 18.8. The minimum absolute atomic E-state index is 0.0590. The summed E-state index contributed by atoms with van der Waals surface area (Å²) in [5, 5.41) is 11.9. The van der Waals surface area contributed by atoms with Crippen LogP contribution in [0.1, 0.15) is 55.8 Å². The van der Waals surface area contributed by atoms with Gasteiger partial charge in [-0.1, -0.05) is 12.1 Å². The number of hydrogen-bond acceptors (Lipinski definition) is 4. The molecule has 1 aliphatic heterocycles. The van der Waals surface area contributed by atoms with Crippen molar-refractivity contribution < 1.29 is 13.5 Å². The molecule has 0 unspecified atom stereocenters. The number of fused-ring (bicyclic) bond motifs is 3. The summed E-state index contributed by atoms with van der Waals surface area (Å²) < 4.78 is 34.4. The molecule has 1 aliphatic carbocycles. The summed E-state index contributed by atoms with van der Waals surface area (Å²) in [5.41, 5.74) is 5.10. The summed E-state index contributed by atoms with van der Waals surface area (Å²) in [5.74, 6) is -2.08. The molecule has 170 valence electrons. The molecule has 0 saturated heterocycles. The Balaban J connectivity index is 1.62. The Labute approximate surface area is 187 Å². The molecule has 2 N–H and O–H groups in total. The molecule has 0 bridgehead atoms. The number of aromatic nitrogens is 2. The van der Waals surface area contributed by atoms with Crippen molar-refractivity contribution in [2.45, 2.75) is 63.6 Å². The van der Waals surface area contributed by atoms with Gasteiger partial charge in [0.25, 0.3) is 5.92 Å². The van der Waals surface area contributed by atoms with Gasteiger partial charge in [-0.25, -0.2) is 8.78 Å². The van der Waals surface area contributed by atoms with Crippen LogP contribution in [0.2, 0.25) is 0 Å². The van der Waals surface area contributed by atoms with Crippen LogP contribution in [0.4, 0.5) is 14.5 Å². The van der Waals surface area contributed by atoms with Crippen molar-refractivity contribution in [2.75, 3.05) is 19.0 Å². The van der Waals surface area contributed by atoms with E-state index in [-0.39, 0.29) is 18.6 Å². The van der Waals surface area contributed by atoms with E-state index in [2.05, 4.69) is 15.5 Å². The van der Waals surface area contributed by atoms with Crippen molar-refractivity contribution in [2.24, 2.45) is 0 Å². The Morgan fingerprint density at radius 3 is 2.69 bits per heavy atom. The minimum atomic E-state index is -2.80. The number of H-pyrrole nitrogens is 1. The predicted octanol–water partition coefficient (Wildman–Crippen LogP) is 5.53. The van der Waals surface area contributed by atoms with Crippen LogP contribution >= 0.6 is 0 Å². The minimum Gasteiger partial charge on any atom is -0.496 e. The van der Waals surface area contributed by atoms with Crippen molar-refractivity contribution >= 4 is 16.6 Å². The molecule has 2 atom stereocenters.